The molecule has 3 heteroatoms. The Balaban J connectivity index is 1.80. The molecule has 1 saturated carbocycles. The fourth-order valence-corrected chi connectivity index (χ4v) is 3.19. The lowest BCUT2D eigenvalue weighted by Crippen LogP contribution is -2.37. The van der Waals surface area contributed by atoms with Gasteiger partial charge in [0, 0.05) is 18.3 Å². The molecule has 1 N–H and O–H groups in total. The lowest BCUT2D eigenvalue weighted by atomic mass is 9.87. The van der Waals surface area contributed by atoms with Crippen LogP contribution in [-0.4, -0.2) is 23.5 Å². The summed E-state index contributed by atoms with van der Waals surface area (Å²) in [6.45, 7) is 3.39. The molecule has 0 aromatic carbocycles. The highest BCUT2D eigenvalue weighted by Gasteiger charge is 2.20. The second-order valence-corrected chi connectivity index (χ2v) is 5.59. The Kier molecular flexibility index (Phi) is 3.74. The molecule has 1 heterocycles. The van der Waals surface area contributed by atoms with Gasteiger partial charge in [0.25, 0.3) is 0 Å². The van der Waals surface area contributed by atoms with E-state index in [-0.39, 0.29) is 0 Å². The van der Waals surface area contributed by atoms with Crippen molar-refractivity contribution >= 4 is 16.9 Å². The van der Waals surface area contributed by atoms with Gasteiger partial charge in [0.1, 0.15) is 0 Å². The van der Waals surface area contributed by atoms with Crippen LogP contribution in [0.5, 0.6) is 0 Å². The van der Waals surface area contributed by atoms with E-state index in [2.05, 4.69) is 17.2 Å². The first-order valence-electron chi connectivity index (χ1n) is 5.78. The zero-order chi connectivity index (χ0) is 9.80. The highest BCUT2D eigenvalue weighted by Crippen LogP contribution is 2.24. The fourth-order valence-electron chi connectivity index (χ4n) is 2.29. The van der Waals surface area contributed by atoms with Crippen molar-refractivity contribution in [3.8, 4) is 0 Å². The maximum Gasteiger partial charge on any atom is 0.156 e. The lowest BCUT2D eigenvalue weighted by molar-refractivity contribution is 0.327. The predicted octanol–water partition coefficient (Wildman–Crippen LogP) is 2.65. The van der Waals surface area contributed by atoms with Gasteiger partial charge in [-0.25, -0.2) is 0 Å². The monoisotopic (exact) mass is 212 g/mol. The second kappa shape index (κ2) is 5.06. The van der Waals surface area contributed by atoms with Crippen molar-refractivity contribution in [2.24, 2.45) is 10.9 Å². The van der Waals surface area contributed by atoms with Crippen molar-refractivity contribution in [1.29, 1.82) is 0 Å². The van der Waals surface area contributed by atoms with Gasteiger partial charge in [-0.2, -0.15) is 0 Å². The molecule has 0 spiro atoms. The molecule has 2 atom stereocenters. The van der Waals surface area contributed by atoms with Crippen molar-refractivity contribution in [3.05, 3.63) is 0 Å². The van der Waals surface area contributed by atoms with Crippen molar-refractivity contribution < 1.29 is 0 Å². The normalized spacial score (nSPS) is 33.6. The van der Waals surface area contributed by atoms with Gasteiger partial charge >= 0.3 is 0 Å². The summed E-state index contributed by atoms with van der Waals surface area (Å²) >= 11 is 1.90. The number of rotatable bonds is 1. The van der Waals surface area contributed by atoms with Crippen LogP contribution in [-0.2, 0) is 0 Å². The predicted molar refractivity (Wildman–Crippen MR) is 63.9 cm³/mol. The summed E-state index contributed by atoms with van der Waals surface area (Å²) in [5, 5.41) is 4.81. The first-order valence-corrected chi connectivity index (χ1v) is 6.77. The zero-order valence-electron chi connectivity index (χ0n) is 8.96. The van der Waals surface area contributed by atoms with Crippen molar-refractivity contribution in [1.82, 2.24) is 5.32 Å². The van der Waals surface area contributed by atoms with E-state index in [0.29, 0.717) is 6.04 Å². The second-order valence-electron chi connectivity index (χ2n) is 4.50. The van der Waals surface area contributed by atoms with E-state index in [1.165, 1.54) is 43.0 Å². The van der Waals surface area contributed by atoms with E-state index in [4.69, 9.17) is 0 Å². The number of hydrogen-bond donors (Lipinski definition) is 1. The molecule has 1 aliphatic heterocycles. The maximum atomic E-state index is 4.52. The Bertz CT molecular complexity index is 215. The highest BCUT2D eigenvalue weighted by molar-refractivity contribution is 8.13. The van der Waals surface area contributed by atoms with Crippen molar-refractivity contribution in [3.63, 3.8) is 0 Å². The van der Waals surface area contributed by atoms with Crippen LogP contribution < -0.4 is 5.32 Å². The average molecular weight is 212 g/mol. The molecule has 80 valence electrons. The van der Waals surface area contributed by atoms with Crippen LogP contribution in [0.25, 0.3) is 0 Å². The van der Waals surface area contributed by atoms with Gasteiger partial charge < -0.3 is 5.32 Å². The standard InChI is InChI=1S/C11H20N2S/c1-9-4-2-5-10(8-9)13-11-12-6-3-7-14-11/h9-10H,2-8H2,1H3,(H,12,13). The molecule has 0 aromatic heterocycles. The molecule has 0 saturated heterocycles. The molecule has 0 amide bonds. The smallest absolute Gasteiger partial charge is 0.156 e. The third kappa shape index (κ3) is 2.91. The number of amidine groups is 1. The molecule has 0 radical (unpaired) electrons. The van der Waals surface area contributed by atoms with E-state index in [1.54, 1.807) is 0 Å². The molecule has 1 aliphatic carbocycles. The summed E-state index contributed by atoms with van der Waals surface area (Å²) in [6, 6.07) is 0.697. The summed E-state index contributed by atoms with van der Waals surface area (Å²) in [7, 11) is 0. The highest BCUT2D eigenvalue weighted by atomic mass is 32.2. The molecule has 2 nitrogen and oxygen atoms in total. The van der Waals surface area contributed by atoms with E-state index >= 15 is 0 Å². The van der Waals surface area contributed by atoms with Crippen LogP contribution in [0.2, 0.25) is 0 Å². The number of nitrogens with zero attached hydrogens (tertiary/aromatic N) is 1. The van der Waals surface area contributed by atoms with Crippen molar-refractivity contribution in [2.75, 3.05) is 12.3 Å². The Morgan fingerprint density at radius 3 is 3.00 bits per heavy atom. The zero-order valence-corrected chi connectivity index (χ0v) is 9.78. The van der Waals surface area contributed by atoms with Crippen LogP contribution in [0.1, 0.15) is 39.0 Å². The van der Waals surface area contributed by atoms with Crippen LogP contribution in [0.3, 0.4) is 0 Å². The van der Waals surface area contributed by atoms with Crippen LogP contribution in [0, 0.1) is 5.92 Å². The minimum absolute atomic E-state index is 0.697. The van der Waals surface area contributed by atoms with Gasteiger partial charge in [-0.05, 0) is 25.2 Å². The molecule has 2 rings (SSSR count). The van der Waals surface area contributed by atoms with Crippen LogP contribution in [0.4, 0.5) is 0 Å². The first kappa shape index (κ1) is 10.3. The number of thioether (sulfide) groups is 1. The largest absolute Gasteiger partial charge is 0.362 e. The van der Waals surface area contributed by atoms with Gasteiger partial charge in [0.2, 0.25) is 0 Å². The molecule has 0 bridgehead atoms. The first-order chi connectivity index (χ1) is 6.84. The third-order valence-electron chi connectivity index (χ3n) is 3.06. The summed E-state index contributed by atoms with van der Waals surface area (Å²) in [5.41, 5.74) is 0. The molecular formula is C11H20N2S. The summed E-state index contributed by atoms with van der Waals surface area (Å²) in [4.78, 5) is 4.52. The Morgan fingerprint density at radius 1 is 1.36 bits per heavy atom. The van der Waals surface area contributed by atoms with Gasteiger partial charge in [0.05, 0.1) is 0 Å². The Morgan fingerprint density at radius 2 is 2.29 bits per heavy atom. The minimum Gasteiger partial charge on any atom is -0.362 e. The summed E-state index contributed by atoms with van der Waals surface area (Å²) < 4.78 is 0. The van der Waals surface area contributed by atoms with Crippen LogP contribution in [0.15, 0.2) is 4.99 Å². The number of aliphatic imine (C=N–C) groups is 1. The number of nitrogens with one attached hydrogen (secondary N) is 1. The van der Waals surface area contributed by atoms with Crippen molar-refractivity contribution in [2.45, 2.75) is 45.1 Å². The Labute approximate surface area is 90.9 Å². The molecule has 2 unspecified atom stereocenters. The third-order valence-corrected chi connectivity index (χ3v) is 4.07. The van der Waals surface area contributed by atoms with E-state index in [1.807, 2.05) is 11.8 Å². The lowest BCUT2D eigenvalue weighted by Gasteiger charge is -2.29. The van der Waals surface area contributed by atoms with Crippen LogP contribution >= 0.6 is 11.8 Å². The van der Waals surface area contributed by atoms with Gasteiger partial charge in [-0.15, -0.1) is 0 Å². The molecule has 1 fully saturated rings. The molecular weight excluding hydrogens is 192 g/mol. The topological polar surface area (TPSA) is 24.4 Å². The van der Waals surface area contributed by atoms with E-state index in [9.17, 15) is 0 Å². The molecule has 0 aromatic rings. The Hall–Kier alpha value is -0.180. The fraction of sp³-hybridized carbons (Fsp3) is 0.909. The van der Waals surface area contributed by atoms with Gasteiger partial charge in [0.15, 0.2) is 5.17 Å². The van der Waals surface area contributed by atoms with E-state index < -0.39 is 0 Å². The summed E-state index contributed by atoms with van der Waals surface area (Å²) in [5.74, 6) is 2.14. The SMILES string of the molecule is CC1CCCC(NC2=NCCCS2)C1. The number of hydrogen-bond acceptors (Lipinski definition) is 3. The van der Waals surface area contributed by atoms with Gasteiger partial charge in [-0.1, -0.05) is 31.5 Å². The summed E-state index contributed by atoms with van der Waals surface area (Å²) in [6.07, 6.45) is 6.72. The molecule has 2 aliphatic rings. The van der Waals surface area contributed by atoms with E-state index in [0.717, 1.165) is 12.5 Å². The average Bonchev–Trinajstić information content (AvgIpc) is 2.19. The maximum absolute atomic E-state index is 4.52. The quantitative estimate of drug-likeness (QED) is 0.722. The minimum atomic E-state index is 0.697. The molecule has 14 heavy (non-hydrogen) atoms. The van der Waals surface area contributed by atoms with Gasteiger partial charge in [-0.3, -0.25) is 4.99 Å².